The van der Waals surface area contributed by atoms with Gasteiger partial charge in [-0.25, -0.2) is 0 Å². The number of hydrogen-bond acceptors (Lipinski definition) is 6. The van der Waals surface area contributed by atoms with E-state index in [0.29, 0.717) is 53.7 Å². The smallest absolute Gasteiger partial charge is 0.204 e. The fraction of sp³-hybridized carbons (Fsp3) is 0.517. The lowest BCUT2D eigenvalue weighted by Gasteiger charge is -2.18. The zero-order chi connectivity index (χ0) is 26.6. The number of ether oxygens (including phenoxy) is 1. The van der Waals surface area contributed by atoms with Gasteiger partial charge >= 0.3 is 0 Å². The van der Waals surface area contributed by atoms with Crippen LogP contribution in [0.2, 0.25) is 0 Å². The van der Waals surface area contributed by atoms with E-state index < -0.39 is 5.43 Å². The molecule has 0 spiro atoms. The lowest BCUT2D eigenvalue weighted by Crippen LogP contribution is -2.13. The number of Topliss-reactive ketones (excluding diaryl/α,β-unsaturated/α-hetero) is 1. The van der Waals surface area contributed by atoms with Gasteiger partial charge in [-0.1, -0.05) is 43.6 Å². The number of phenols is 2. The van der Waals surface area contributed by atoms with Crippen molar-refractivity contribution in [3.05, 3.63) is 39.0 Å². The molecule has 0 bridgehead atoms. The number of fused-ring (bicyclic) bond motifs is 2. The maximum Gasteiger partial charge on any atom is 0.204 e. The second-order valence-electron chi connectivity index (χ2n) is 10.3. The number of phenolic OH excluding ortho intramolecular Hbond substituents is 2. The third kappa shape index (κ3) is 6.05. The number of unbranched alkanes of at least 4 members (excludes halogenated alkanes) is 1. The van der Waals surface area contributed by atoms with Gasteiger partial charge in [-0.15, -0.1) is 0 Å². The van der Waals surface area contributed by atoms with Crippen molar-refractivity contribution in [1.29, 1.82) is 0 Å². The zero-order valence-electron chi connectivity index (χ0n) is 21.9. The van der Waals surface area contributed by atoms with Crippen LogP contribution >= 0.6 is 15.9 Å². The summed E-state index contributed by atoms with van der Waals surface area (Å²) in [5.74, 6) is 0.571. The molecule has 0 aliphatic carbocycles. The highest BCUT2D eigenvalue weighted by Gasteiger charge is 2.25. The van der Waals surface area contributed by atoms with Gasteiger partial charge in [-0.2, -0.15) is 0 Å². The number of carbonyl (C=O) groups excluding carboxylic acids is 1. The van der Waals surface area contributed by atoms with Crippen molar-refractivity contribution in [2.75, 3.05) is 11.9 Å². The summed E-state index contributed by atoms with van der Waals surface area (Å²) in [6.07, 6.45) is 4.18. The van der Waals surface area contributed by atoms with Gasteiger partial charge in [-0.3, -0.25) is 9.59 Å². The quantitative estimate of drug-likeness (QED) is 0.104. The number of hydrogen-bond donors (Lipinski definition) is 2. The molecule has 0 saturated heterocycles. The van der Waals surface area contributed by atoms with Crippen LogP contribution in [0.3, 0.4) is 0 Å². The summed E-state index contributed by atoms with van der Waals surface area (Å²) in [7, 11) is 0. The van der Waals surface area contributed by atoms with Gasteiger partial charge in [0.1, 0.15) is 33.8 Å². The lowest BCUT2D eigenvalue weighted by molar-refractivity contribution is 0.101. The molecule has 0 fully saturated rings. The number of halogens is 1. The summed E-state index contributed by atoms with van der Waals surface area (Å²) in [5, 5.41) is 22.9. The van der Waals surface area contributed by atoms with Crippen molar-refractivity contribution in [2.24, 2.45) is 11.8 Å². The van der Waals surface area contributed by atoms with Crippen LogP contribution < -0.4 is 10.2 Å². The SMILES string of the molecule is CC(=O)c1c(OCCCCBr)cc2oc3cc(O)c(CCC(C)C)c(O)c3c(=O)c2c1CCC(C)C. The monoisotopic (exact) mass is 560 g/mol. The Morgan fingerprint density at radius 2 is 1.58 bits per heavy atom. The van der Waals surface area contributed by atoms with E-state index in [1.807, 2.05) is 0 Å². The van der Waals surface area contributed by atoms with E-state index in [9.17, 15) is 19.8 Å². The second-order valence-corrected chi connectivity index (χ2v) is 11.1. The third-order valence-electron chi connectivity index (χ3n) is 6.46. The van der Waals surface area contributed by atoms with Crippen LogP contribution in [0.5, 0.6) is 17.2 Å². The van der Waals surface area contributed by atoms with Crippen LogP contribution in [0.4, 0.5) is 0 Å². The highest BCUT2D eigenvalue weighted by atomic mass is 79.9. The highest BCUT2D eigenvalue weighted by Crippen LogP contribution is 2.39. The first-order valence-electron chi connectivity index (χ1n) is 12.8. The van der Waals surface area contributed by atoms with Crippen LogP contribution in [0, 0.1) is 11.8 Å². The predicted molar refractivity (Wildman–Crippen MR) is 148 cm³/mol. The van der Waals surface area contributed by atoms with E-state index in [0.717, 1.165) is 31.0 Å². The Morgan fingerprint density at radius 1 is 0.972 bits per heavy atom. The number of aromatic hydroxyl groups is 2. The van der Waals surface area contributed by atoms with Crippen molar-refractivity contribution in [2.45, 2.75) is 73.1 Å². The predicted octanol–water partition coefficient (Wildman–Crippen LogP) is 7.29. The number of benzene rings is 2. The minimum atomic E-state index is -0.401. The first-order valence-corrected chi connectivity index (χ1v) is 13.9. The topological polar surface area (TPSA) is 97.0 Å². The minimum absolute atomic E-state index is 0.0327. The summed E-state index contributed by atoms with van der Waals surface area (Å²) in [6, 6.07) is 3.00. The first kappa shape index (κ1) is 28.0. The molecule has 0 amide bonds. The van der Waals surface area contributed by atoms with Gasteiger partial charge in [0.2, 0.25) is 5.43 Å². The molecule has 3 aromatic rings. The van der Waals surface area contributed by atoms with E-state index in [-0.39, 0.29) is 39.2 Å². The number of aryl methyl sites for hydroxylation is 1. The van der Waals surface area contributed by atoms with Gasteiger partial charge in [0.15, 0.2) is 5.78 Å². The molecule has 1 aromatic heterocycles. The molecule has 0 saturated carbocycles. The largest absolute Gasteiger partial charge is 0.507 e. The maximum atomic E-state index is 13.9. The molecule has 196 valence electrons. The van der Waals surface area contributed by atoms with Crippen LogP contribution in [0.15, 0.2) is 21.3 Å². The molecule has 36 heavy (non-hydrogen) atoms. The minimum Gasteiger partial charge on any atom is -0.507 e. The number of ketones is 1. The van der Waals surface area contributed by atoms with E-state index in [1.165, 1.54) is 13.0 Å². The van der Waals surface area contributed by atoms with Crippen molar-refractivity contribution < 1.29 is 24.2 Å². The van der Waals surface area contributed by atoms with Gasteiger partial charge < -0.3 is 19.4 Å². The number of rotatable bonds is 12. The Hall–Kier alpha value is -2.54. The van der Waals surface area contributed by atoms with Crippen LogP contribution in [0.25, 0.3) is 21.9 Å². The Balaban J connectivity index is 2.33. The Bertz CT molecular complexity index is 1310. The fourth-order valence-electron chi connectivity index (χ4n) is 4.47. The molecule has 2 N–H and O–H groups in total. The summed E-state index contributed by atoms with van der Waals surface area (Å²) < 4.78 is 12.1. The zero-order valence-corrected chi connectivity index (χ0v) is 23.5. The standard InChI is InChI=1S/C29H37BrO6/c1-16(2)8-10-19-21(32)14-23-27(28(19)33)29(34)26-20(11-9-17(3)4)25(18(5)31)22(15-24(26)36-23)35-13-7-6-12-30/h14-17,32-33H,6-13H2,1-5H3. The van der Waals surface area contributed by atoms with Gasteiger partial charge in [0.25, 0.3) is 0 Å². The summed E-state index contributed by atoms with van der Waals surface area (Å²) >= 11 is 3.42. The number of carbonyl (C=O) groups is 1. The normalized spacial score (nSPS) is 11.8. The molecule has 0 aliphatic rings. The maximum absolute atomic E-state index is 13.9. The summed E-state index contributed by atoms with van der Waals surface area (Å²) in [4.78, 5) is 26.8. The van der Waals surface area contributed by atoms with Crippen LogP contribution in [-0.4, -0.2) is 27.9 Å². The summed E-state index contributed by atoms with van der Waals surface area (Å²) in [6.45, 7) is 10.2. The molecule has 0 atom stereocenters. The third-order valence-corrected chi connectivity index (χ3v) is 7.02. The first-order chi connectivity index (χ1) is 17.1. The molecule has 0 radical (unpaired) electrons. The molecule has 7 heteroatoms. The molecule has 6 nitrogen and oxygen atoms in total. The van der Waals surface area contributed by atoms with Crippen LogP contribution in [0.1, 0.15) is 81.8 Å². The van der Waals surface area contributed by atoms with E-state index >= 15 is 0 Å². The lowest BCUT2D eigenvalue weighted by atomic mass is 9.91. The van der Waals surface area contributed by atoms with Gasteiger partial charge in [0.05, 0.1) is 17.6 Å². The van der Waals surface area contributed by atoms with Gasteiger partial charge in [0, 0.05) is 23.0 Å². The van der Waals surface area contributed by atoms with Gasteiger partial charge in [-0.05, 0) is 62.8 Å². The van der Waals surface area contributed by atoms with Crippen molar-refractivity contribution in [1.82, 2.24) is 0 Å². The van der Waals surface area contributed by atoms with Crippen molar-refractivity contribution >= 4 is 43.7 Å². The summed E-state index contributed by atoms with van der Waals surface area (Å²) in [5.41, 5.74) is 1.31. The molecule has 2 aromatic carbocycles. The molecule has 3 rings (SSSR count). The van der Waals surface area contributed by atoms with Crippen molar-refractivity contribution in [3.8, 4) is 17.2 Å². The Kier molecular flexibility index (Phi) is 9.45. The van der Waals surface area contributed by atoms with Crippen molar-refractivity contribution in [3.63, 3.8) is 0 Å². The average molecular weight is 562 g/mol. The Labute approximate surface area is 220 Å². The molecule has 1 heterocycles. The van der Waals surface area contributed by atoms with E-state index in [2.05, 4.69) is 43.6 Å². The average Bonchev–Trinajstić information content (AvgIpc) is 2.79. The van der Waals surface area contributed by atoms with Crippen LogP contribution in [-0.2, 0) is 12.8 Å². The molecular weight excluding hydrogens is 524 g/mol. The molecule has 0 aliphatic heterocycles. The van der Waals surface area contributed by atoms with E-state index in [4.69, 9.17) is 9.15 Å². The molecular formula is C29H37BrO6. The molecule has 0 unspecified atom stereocenters. The second kappa shape index (κ2) is 12.1. The fourth-order valence-corrected chi connectivity index (χ4v) is 4.87. The number of alkyl halides is 1. The Morgan fingerprint density at radius 3 is 2.17 bits per heavy atom. The highest BCUT2D eigenvalue weighted by molar-refractivity contribution is 9.09. The van der Waals surface area contributed by atoms with E-state index in [1.54, 1.807) is 6.07 Å².